The molecule has 0 unspecified atom stereocenters. The Labute approximate surface area is 129 Å². The van der Waals surface area contributed by atoms with Crippen LogP contribution in [0.5, 0.6) is 11.5 Å². The number of ether oxygens (including phenoxy) is 2. The second-order valence-electron chi connectivity index (χ2n) is 5.15. The SMILES string of the molecule is CCOC(=O)c1c(CNC(C)C)oc2ccc(OC)c(O)c12. The lowest BCUT2D eigenvalue weighted by molar-refractivity contribution is 0.0525. The summed E-state index contributed by atoms with van der Waals surface area (Å²) in [6.07, 6.45) is 0. The van der Waals surface area contributed by atoms with Gasteiger partial charge in [0.15, 0.2) is 11.5 Å². The molecule has 2 aromatic rings. The highest BCUT2D eigenvalue weighted by Crippen LogP contribution is 2.39. The summed E-state index contributed by atoms with van der Waals surface area (Å²) in [5.41, 5.74) is 0.656. The van der Waals surface area contributed by atoms with E-state index in [9.17, 15) is 9.90 Å². The average Bonchev–Trinajstić information content (AvgIpc) is 2.85. The van der Waals surface area contributed by atoms with Crippen LogP contribution in [-0.4, -0.2) is 30.8 Å². The van der Waals surface area contributed by atoms with E-state index in [-0.39, 0.29) is 29.7 Å². The Hall–Kier alpha value is -2.21. The number of furan rings is 1. The summed E-state index contributed by atoms with van der Waals surface area (Å²) in [5, 5.41) is 13.8. The van der Waals surface area contributed by atoms with E-state index < -0.39 is 5.97 Å². The molecule has 0 radical (unpaired) electrons. The van der Waals surface area contributed by atoms with E-state index in [1.807, 2.05) is 13.8 Å². The molecule has 1 aromatic heterocycles. The summed E-state index contributed by atoms with van der Waals surface area (Å²) in [4.78, 5) is 12.3. The van der Waals surface area contributed by atoms with Gasteiger partial charge >= 0.3 is 5.97 Å². The molecule has 0 aliphatic rings. The van der Waals surface area contributed by atoms with Crippen molar-refractivity contribution in [3.63, 3.8) is 0 Å². The lowest BCUT2D eigenvalue weighted by Crippen LogP contribution is -2.22. The second kappa shape index (κ2) is 6.70. The van der Waals surface area contributed by atoms with Crippen molar-refractivity contribution in [1.29, 1.82) is 0 Å². The number of phenolic OH excluding ortho intramolecular Hbond substituents is 1. The molecule has 6 nitrogen and oxygen atoms in total. The maximum absolute atomic E-state index is 12.3. The first kappa shape index (κ1) is 16.2. The van der Waals surface area contributed by atoms with Crippen molar-refractivity contribution in [2.75, 3.05) is 13.7 Å². The Morgan fingerprint density at radius 3 is 2.73 bits per heavy atom. The highest BCUT2D eigenvalue weighted by Gasteiger charge is 2.26. The van der Waals surface area contributed by atoms with Gasteiger partial charge < -0.3 is 24.3 Å². The number of fused-ring (bicyclic) bond motifs is 1. The number of esters is 1. The second-order valence-corrected chi connectivity index (χ2v) is 5.15. The van der Waals surface area contributed by atoms with Crippen molar-refractivity contribution in [3.05, 3.63) is 23.5 Å². The first-order valence-electron chi connectivity index (χ1n) is 7.21. The third-order valence-corrected chi connectivity index (χ3v) is 3.24. The van der Waals surface area contributed by atoms with Crippen LogP contribution < -0.4 is 10.1 Å². The predicted octanol–water partition coefficient (Wildman–Crippen LogP) is 2.82. The molecule has 6 heteroatoms. The van der Waals surface area contributed by atoms with Gasteiger partial charge in [-0.2, -0.15) is 0 Å². The number of carbonyl (C=O) groups is 1. The molecule has 0 aliphatic carbocycles. The van der Waals surface area contributed by atoms with Gasteiger partial charge in [-0.25, -0.2) is 4.79 Å². The topological polar surface area (TPSA) is 80.9 Å². The Bertz CT molecular complexity index is 675. The van der Waals surface area contributed by atoms with Crippen LogP contribution in [-0.2, 0) is 11.3 Å². The summed E-state index contributed by atoms with van der Waals surface area (Å²) in [6, 6.07) is 3.48. The van der Waals surface area contributed by atoms with Crippen LogP contribution in [0, 0.1) is 0 Å². The fraction of sp³-hybridized carbons (Fsp3) is 0.438. The molecule has 0 saturated heterocycles. The average molecular weight is 307 g/mol. The van der Waals surface area contributed by atoms with Gasteiger partial charge in [-0.15, -0.1) is 0 Å². The van der Waals surface area contributed by atoms with Gasteiger partial charge in [-0.05, 0) is 19.1 Å². The number of rotatable bonds is 6. The number of carbonyl (C=O) groups excluding carboxylic acids is 1. The highest BCUT2D eigenvalue weighted by atomic mass is 16.5. The van der Waals surface area contributed by atoms with Crippen molar-refractivity contribution >= 4 is 16.9 Å². The number of nitrogens with one attached hydrogen (secondary N) is 1. The first-order valence-corrected chi connectivity index (χ1v) is 7.21. The standard InChI is InChI=1S/C16H21NO5/c1-5-21-16(19)14-12(8-17-9(2)3)22-10-6-7-11(20-4)15(18)13(10)14/h6-7,9,17-18H,5,8H2,1-4H3. The molecule has 0 aliphatic heterocycles. The molecular formula is C16H21NO5. The quantitative estimate of drug-likeness (QED) is 0.799. The Kier molecular flexibility index (Phi) is 4.92. The Morgan fingerprint density at radius 2 is 2.14 bits per heavy atom. The zero-order valence-corrected chi connectivity index (χ0v) is 13.2. The van der Waals surface area contributed by atoms with E-state index in [0.717, 1.165) is 0 Å². The number of aromatic hydroxyl groups is 1. The van der Waals surface area contributed by atoms with Gasteiger partial charge in [-0.3, -0.25) is 0 Å². The zero-order chi connectivity index (χ0) is 16.3. The number of methoxy groups -OCH3 is 1. The van der Waals surface area contributed by atoms with Crippen LogP contribution in [0.25, 0.3) is 11.0 Å². The van der Waals surface area contributed by atoms with E-state index >= 15 is 0 Å². The lowest BCUT2D eigenvalue weighted by Gasteiger charge is -2.08. The van der Waals surface area contributed by atoms with E-state index in [4.69, 9.17) is 13.9 Å². The summed E-state index contributed by atoms with van der Waals surface area (Å²) >= 11 is 0. The third kappa shape index (κ3) is 3.01. The smallest absolute Gasteiger partial charge is 0.342 e. The first-order chi connectivity index (χ1) is 10.5. The lowest BCUT2D eigenvalue weighted by atomic mass is 10.1. The van der Waals surface area contributed by atoms with E-state index in [0.29, 0.717) is 23.3 Å². The minimum absolute atomic E-state index is 0.123. The molecule has 0 spiro atoms. The van der Waals surface area contributed by atoms with E-state index in [1.165, 1.54) is 7.11 Å². The molecule has 0 fully saturated rings. The van der Waals surface area contributed by atoms with Gasteiger partial charge in [0.25, 0.3) is 0 Å². The molecule has 1 aromatic carbocycles. The molecule has 0 bridgehead atoms. The molecule has 0 saturated carbocycles. The van der Waals surface area contributed by atoms with Crippen LogP contribution >= 0.6 is 0 Å². The van der Waals surface area contributed by atoms with Gasteiger partial charge in [-0.1, -0.05) is 13.8 Å². The highest BCUT2D eigenvalue weighted by molar-refractivity contribution is 6.07. The largest absolute Gasteiger partial charge is 0.504 e. The van der Waals surface area contributed by atoms with Gasteiger partial charge in [0.2, 0.25) is 0 Å². The van der Waals surface area contributed by atoms with Gasteiger partial charge in [0, 0.05) is 6.04 Å². The summed E-state index contributed by atoms with van der Waals surface area (Å²) in [5.74, 6) is 0.0703. The molecule has 0 atom stereocenters. The van der Waals surface area contributed by atoms with Crippen LogP contribution in [0.3, 0.4) is 0 Å². The van der Waals surface area contributed by atoms with Crippen molar-refractivity contribution in [1.82, 2.24) is 5.32 Å². The van der Waals surface area contributed by atoms with Gasteiger partial charge in [0.05, 0.1) is 25.6 Å². The maximum Gasteiger partial charge on any atom is 0.342 e. The molecule has 0 amide bonds. The number of phenols is 1. The molecule has 120 valence electrons. The minimum Gasteiger partial charge on any atom is -0.504 e. The monoisotopic (exact) mass is 307 g/mol. The predicted molar refractivity (Wildman–Crippen MR) is 82.4 cm³/mol. The molecule has 2 rings (SSSR count). The number of hydrogen-bond acceptors (Lipinski definition) is 6. The van der Waals surface area contributed by atoms with Crippen molar-refractivity contribution in [2.45, 2.75) is 33.4 Å². The van der Waals surface area contributed by atoms with Gasteiger partial charge in [0.1, 0.15) is 16.9 Å². The Morgan fingerprint density at radius 1 is 1.41 bits per heavy atom. The van der Waals surface area contributed by atoms with Crippen molar-refractivity contribution in [3.8, 4) is 11.5 Å². The number of benzene rings is 1. The fourth-order valence-electron chi connectivity index (χ4n) is 2.21. The van der Waals surface area contributed by atoms with Crippen LogP contribution in [0.15, 0.2) is 16.5 Å². The summed E-state index contributed by atoms with van der Waals surface area (Å²) < 4.78 is 15.9. The third-order valence-electron chi connectivity index (χ3n) is 3.24. The normalized spacial score (nSPS) is 11.1. The minimum atomic E-state index is -0.523. The van der Waals surface area contributed by atoms with Crippen molar-refractivity contribution in [2.24, 2.45) is 0 Å². The number of hydrogen-bond donors (Lipinski definition) is 2. The molecule has 22 heavy (non-hydrogen) atoms. The molecule has 1 heterocycles. The van der Waals surface area contributed by atoms with E-state index in [2.05, 4.69) is 5.32 Å². The molecule has 2 N–H and O–H groups in total. The summed E-state index contributed by atoms with van der Waals surface area (Å²) in [7, 11) is 1.45. The zero-order valence-electron chi connectivity index (χ0n) is 13.2. The van der Waals surface area contributed by atoms with Crippen LogP contribution in [0.2, 0.25) is 0 Å². The maximum atomic E-state index is 12.3. The fourth-order valence-corrected chi connectivity index (χ4v) is 2.21. The summed E-state index contributed by atoms with van der Waals surface area (Å²) in [6.45, 7) is 6.32. The van der Waals surface area contributed by atoms with Crippen LogP contribution in [0.4, 0.5) is 0 Å². The van der Waals surface area contributed by atoms with E-state index in [1.54, 1.807) is 19.1 Å². The van der Waals surface area contributed by atoms with Crippen LogP contribution in [0.1, 0.15) is 36.9 Å². The Balaban J connectivity index is 2.60. The van der Waals surface area contributed by atoms with Crippen molar-refractivity contribution < 1.29 is 23.8 Å². The molecular weight excluding hydrogens is 286 g/mol.